The van der Waals surface area contributed by atoms with Gasteiger partial charge in [-0.15, -0.1) is 0 Å². The molecule has 3 nitrogen and oxygen atoms in total. The predicted octanol–water partition coefficient (Wildman–Crippen LogP) is 3.25. The Bertz CT molecular complexity index is 486. The summed E-state index contributed by atoms with van der Waals surface area (Å²) in [6.07, 6.45) is 6.12. The molecule has 0 bridgehead atoms. The number of benzene rings is 1. The van der Waals surface area contributed by atoms with Crippen LogP contribution < -0.4 is 0 Å². The third kappa shape index (κ3) is 3.43. The van der Waals surface area contributed by atoms with Gasteiger partial charge in [0.25, 0.3) is 0 Å². The number of halogens is 1. The van der Waals surface area contributed by atoms with Gasteiger partial charge < -0.3 is 4.74 Å². The normalized spacial score (nSPS) is 26.1. The Balaban J connectivity index is 1.56. The van der Waals surface area contributed by atoms with Crippen molar-refractivity contribution in [2.75, 3.05) is 19.7 Å². The quantitative estimate of drug-likeness (QED) is 0.801. The Morgan fingerprint density at radius 3 is 2.71 bits per heavy atom. The van der Waals surface area contributed by atoms with Gasteiger partial charge in [0.05, 0.1) is 12.2 Å². The second-order valence-electron chi connectivity index (χ2n) is 6.11. The van der Waals surface area contributed by atoms with Crippen LogP contribution in [0.2, 0.25) is 0 Å². The average molecular weight is 291 g/mol. The van der Waals surface area contributed by atoms with Crippen LogP contribution in [-0.4, -0.2) is 36.6 Å². The van der Waals surface area contributed by atoms with Crippen molar-refractivity contribution in [3.8, 4) is 0 Å². The highest BCUT2D eigenvalue weighted by atomic mass is 19.1. The fourth-order valence-corrected chi connectivity index (χ4v) is 3.62. The molecule has 0 aliphatic carbocycles. The molecule has 2 fully saturated rings. The molecule has 2 saturated heterocycles. The zero-order valence-corrected chi connectivity index (χ0v) is 12.3. The number of hydrogen-bond donors (Lipinski definition) is 0. The van der Waals surface area contributed by atoms with E-state index in [0.717, 1.165) is 6.42 Å². The van der Waals surface area contributed by atoms with Crippen molar-refractivity contribution in [3.05, 3.63) is 35.6 Å². The summed E-state index contributed by atoms with van der Waals surface area (Å²) in [6, 6.07) is 6.12. The summed E-state index contributed by atoms with van der Waals surface area (Å²) in [5, 5.41) is 0. The largest absolute Gasteiger partial charge is 0.462 e. The van der Waals surface area contributed by atoms with Crippen LogP contribution in [-0.2, 0) is 4.74 Å². The fraction of sp³-hybridized carbons (Fsp3) is 0.588. The van der Waals surface area contributed by atoms with Gasteiger partial charge in [0.15, 0.2) is 0 Å². The van der Waals surface area contributed by atoms with Crippen molar-refractivity contribution < 1.29 is 13.9 Å². The summed E-state index contributed by atoms with van der Waals surface area (Å²) in [4.78, 5) is 14.6. The third-order valence-corrected chi connectivity index (χ3v) is 4.74. The molecular formula is C17H22FNO2. The zero-order chi connectivity index (χ0) is 14.7. The van der Waals surface area contributed by atoms with E-state index in [1.807, 2.05) is 0 Å². The first-order valence-corrected chi connectivity index (χ1v) is 7.91. The van der Waals surface area contributed by atoms with E-state index in [0.29, 0.717) is 24.1 Å². The average Bonchev–Trinajstić information content (AvgIpc) is 2.53. The summed E-state index contributed by atoms with van der Waals surface area (Å²) >= 11 is 0. The predicted molar refractivity (Wildman–Crippen MR) is 78.6 cm³/mol. The molecule has 0 unspecified atom stereocenters. The number of piperidine rings is 2. The van der Waals surface area contributed by atoms with E-state index in [-0.39, 0.29) is 11.8 Å². The van der Waals surface area contributed by atoms with Crippen LogP contribution >= 0.6 is 0 Å². The first kappa shape index (κ1) is 14.5. The van der Waals surface area contributed by atoms with E-state index in [2.05, 4.69) is 4.90 Å². The number of nitrogens with zero attached hydrogens (tertiary/aromatic N) is 1. The van der Waals surface area contributed by atoms with Crippen molar-refractivity contribution in [1.82, 2.24) is 4.90 Å². The van der Waals surface area contributed by atoms with Crippen molar-refractivity contribution in [3.63, 3.8) is 0 Å². The molecule has 2 aliphatic rings. The molecule has 1 aromatic rings. The summed E-state index contributed by atoms with van der Waals surface area (Å²) in [7, 11) is 0. The summed E-state index contributed by atoms with van der Waals surface area (Å²) in [6.45, 7) is 2.86. The van der Waals surface area contributed by atoms with Crippen LogP contribution in [0.25, 0.3) is 0 Å². The minimum Gasteiger partial charge on any atom is -0.462 e. The highest BCUT2D eigenvalue weighted by molar-refractivity contribution is 5.89. The molecule has 0 aromatic heterocycles. The summed E-state index contributed by atoms with van der Waals surface area (Å²) in [5.41, 5.74) is 0.424. The molecular weight excluding hydrogens is 269 g/mol. The van der Waals surface area contributed by atoms with Crippen LogP contribution in [0, 0.1) is 11.7 Å². The number of hydrogen-bond acceptors (Lipinski definition) is 3. The second-order valence-corrected chi connectivity index (χ2v) is 6.11. The molecule has 2 heterocycles. The molecule has 0 radical (unpaired) electrons. The molecule has 0 amide bonds. The minimum absolute atomic E-state index is 0.336. The molecule has 3 rings (SSSR count). The van der Waals surface area contributed by atoms with Crippen molar-refractivity contribution in [2.24, 2.45) is 5.92 Å². The maximum atomic E-state index is 12.9. The fourth-order valence-electron chi connectivity index (χ4n) is 3.62. The molecule has 0 saturated carbocycles. The van der Waals surface area contributed by atoms with Crippen molar-refractivity contribution >= 4 is 5.97 Å². The minimum atomic E-state index is -0.345. The monoisotopic (exact) mass is 291 g/mol. The van der Waals surface area contributed by atoms with Gasteiger partial charge in [-0.3, -0.25) is 4.90 Å². The number of fused-ring (bicyclic) bond motifs is 1. The smallest absolute Gasteiger partial charge is 0.338 e. The van der Waals surface area contributed by atoms with Crippen LogP contribution in [0.4, 0.5) is 4.39 Å². The van der Waals surface area contributed by atoms with Gasteiger partial charge in [-0.1, -0.05) is 6.42 Å². The Morgan fingerprint density at radius 1 is 1.14 bits per heavy atom. The van der Waals surface area contributed by atoms with E-state index >= 15 is 0 Å². The Morgan fingerprint density at radius 2 is 1.90 bits per heavy atom. The zero-order valence-electron chi connectivity index (χ0n) is 12.3. The lowest BCUT2D eigenvalue weighted by atomic mass is 9.84. The van der Waals surface area contributed by atoms with E-state index in [4.69, 9.17) is 4.74 Å². The Hall–Kier alpha value is -1.42. The SMILES string of the molecule is O=C(OC[C@H]1CCCN2CCCC[C@H]12)c1ccc(F)cc1. The number of ether oxygens (including phenoxy) is 1. The van der Waals surface area contributed by atoms with Crippen molar-refractivity contribution in [2.45, 2.75) is 38.1 Å². The van der Waals surface area contributed by atoms with E-state index in [9.17, 15) is 9.18 Å². The highest BCUT2D eigenvalue weighted by Crippen LogP contribution is 2.31. The van der Waals surface area contributed by atoms with Crippen LogP contribution in [0.15, 0.2) is 24.3 Å². The molecule has 21 heavy (non-hydrogen) atoms. The number of carbonyl (C=O) groups excluding carboxylic acids is 1. The Labute approximate surface area is 125 Å². The molecule has 0 N–H and O–H groups in total. The second kappa shape index (κ2) is 6.56. The maximum Gasteiger partial charge on any atom is 0.338 e. The highest BCUT2D eigenvalue weighted by Gasteiger charge is 2.33. The standard InChI is InChI=1S/C17H22FNO2/c18-15-8-6-13(7-9-15)17(20)21-12-14-4-3-11-19-10-2-1-5-16(14)19/h6-9,14,16H,1-5,10-12H2/t14-,16-/m1/s1. The molecule has 1 aromatic carbocycles. The van der Waals surface area contributed by atoms with E-state index in [1.54, 1.807) is 0 Å². The summed E-state index contributed by atoms with van der Waals surface area (Å²) < 4.78 is 18.3. The first-order valence-electron chi connectivity index (χ1n) is 7.91. The Kier molecular flexibility index (Phi) is 4.54. The van der Waals surface area contributed by atoms with Crippen LogP contribution in [0.1, 0.15) is 42.5 Å². The third-order valence-electron chi connectivity index (χ3n) is 4.74. The van der Waals surface area contributed by atoms with E-state index in [1.165, 1.54) is 63.0 Å². The number of carbonyl (C=O) groups is 1. The van der Waals surface area contributed by atoms with Gasteiger partial charge >= 0.3 is 5.97 Å². The molecule has 0 spiro atoms. The molecule has 4 heteroatoms. The van der Waals surface area contributed by atoms with Gasteiger partial charge in [-0.2, -0.15) is 0 Å². The lowest BCUT2D eigenvalue weighted by Gasteiger charge is -2.44. The van der Waals surface area contributed by atoms with Crippen LogP contribution in [0.5, 0.6) is 0 Å². The van der Waals surface area contributed by atoms with Gasteiger partial charge in [-0.05, 0) is 63.0 Å². The maximum absolute atomic E-state index is 12.9. The van der Waals surface area contributed by atoms with Gasteiger partial charge in [0.2, 0.25) is 0 Å². The molecule has 114 valence electrons. The lowest BCUT2D eigenvalue weighted by Crippen LogP contribution is -2.49. The molecule has 2 aliphatic heterocycles. The lowest BCUT2D eigenvalue weighted by molar-refractivity contribution is 0.00738. The van der Waals surface area contributed by atoms with Crippen molar-refractivity contribution in [1.29, 1.82) is 0 Å². The molecule has 2 atom stereocenters. The van der Waals surface area contributed by atoms with Gasteiger partial charge in [0.1, 0.15) is 5.82 Å². The number of esters is 1. The number of rotatable bonds is 3. The summed E-state index contributed by atoms with van der Waals surface area (Å²) in [5.74, 6) is -0.233. The topological polar surface area (TPSA) is 29.5 Å². The van der Waals surface area contributed by atoms with Gasteiger partial charge in [0, 0.05) is 12.0 Å². The van der Waals surface area contributed by atoms with Gasteiger partial charge in [-0.25, -0.2) is 9.18 Å². The van der Waals surface area contributed by atoms with Crippen LogP contribution in [0.3, 0.4) is 0 Å². The van der Waals surface area contributed by atoms with E-state index < -0.39 is 0 Å². The first-order chi connectivity index (χ1) is 10.2.